The fourth-order valence-corrected chi connectivity index (χ4v) is 9.28. The molecule has 5 rings (SSSR count). The van der Waals surface area contributed by atoms with Crippen LogP contribution in [0.3, 0.4) is 0 Å². The van der Waals surface area contributed by atoms with E-state index in [1.807, 2.05) is 60.5 Å². The number of aliphatic imine (C=N–C) groups is 1. The summed E-state index contributed by atoms with van der Waals surface area (Å²) in [5.74, 6) is -1.89. The van der Waals surface area contributed by atoms with E-state index in [-0.39, 0.29) is 30.6 Å². The SMILES string of the molecule is CC[C@H]1OC(=O)[C@H](C)[C@@H](O[C@H]2C[C@@](C)(OC)[C@]3(CO3)[C@@H](C)O2)[C@H](C)[C@@H](O[C@@H]2O[C@H](C)C[C@H](N(C)C)[C@H]2O)[C@@]2(C)C[C@H](C)C(=N[C@H](C)[C@@H](O)[C@]1(C)O)O2. The van der Waals surface area contributed by atoms with Gasteiger partial charge in [-0.2, -0.15) is 0 Å². The molecule has 5 heterocycles. The molecule has 4 saturated heterocycles. The quantitative estimate of drug-likeness (QED) is 0.257. The van der Waals surface area contributed by atoms with E-state index >= 15 is 0 Å². The van der Waals surface area contributed by atoms with Gasteiger partial charge in [-0.1, -0.05) is 20.8 Å². The number of esters is 1. The van der Waals surface area contributed by atoms with Crippen LogP contribution in [-0.4, -0.2) is 150 Å². The Hall–Kier alpha value is -1.46. The van der Waals surface area contributed by atoms with Gasteiger partial charge in [0.05, 0.1) is 36.9 Å². The number of cyclic esters (lactones) is 1. The molecule has 5 aliphatic heterocycles. The lowest BCUT2D eigenvalue weighted by atomic mass is 9.78. The highest BCUT2D eigenvalue weighted by molar-refractivity contribution is 5.81. The second-order valence-corrected chi connectivity index (χ2v) is 17.1. The highest BCUT2D eigenvalue weighted by atomic mass is 16.7. The van der Waals surface area contributed by atoms with Crippen molar-refractivity contribution in [2.24, 2.45) is 22.7 Å². The number of methoxy groups -OCH3 is 1. The van der Waals surface area contributed by atoms with Crippen molar-refractivity contribution in [3.05, 3.63) is 0 Å². The lowest BCUT2D eigenvalue weighted by Gasteiger charge is -2.49. The second-order valence-electron chi connectivity index (χ2n) is 17.1. The normalized spacial score (nSPS) is 51.8. The van der Waals surface area contributed by atoms with Crippen LogP contribution in [0.4, 0.5) is 0 Å². The molecule has 14 nitrogen and oxygen atoms in total. The van der Waals surface area contributed by atoms with Crippen LogP contribution < -0.4 is 0 Å². The zero-order valence-corrected chi connectivity index (χ0v) is 33.5. The Morgan fingerprint density at radius 3 is 2.23 bits per heavy atom. The number of epoxide rings is 1. The van der Waals surface area contributed by atoms with Crippen molar-refractivity contribution in [2.45, 2.75) is 185 Å². The van der Waals surface area contributed by atoms with Crippen molar-refractivity contribution in [2.75, 3.05) is 27.8 Å². The van der Waals surface area contributed by atoms with Gasteiger partial charge < -0.3 is 58.1 Å². The summed E-state index contributed by atoms with van der Waals surface area (Å²) < 4.78 is 51.3. The number of aliphatic hydroxyl groups is 3. The highest BCUT2D eigenvalue weighted by Crippen LogP contribution is 2.51. The van der Waals surface area contributed by atoms with Crippen molar-refractivity contribution >= 4 is 11.9 Å². The third-order valence-corrected chi connectivity index (χ3v) is 12.8. The number of carbonyl (C=O) groups is 1. The predicted octanol–water partition coefficient (Wildman–Crippen LogP) is 2.81. The van der Waals surface area contributed by atoms with Crippen LogP contribution in [0, 0.1) is 17.8 Å². The highest BCUT2D eigenvalue weighted by Gasteiger charge is 2.67. The van der Waals surface area contributed by atoms with Crippen LogP contribution in [0.2, 0.25) is 0 Å². The summed E-state index contributed by atoms with van der Waals surface area (Å²) in [6.07, 6.45) is -5.84. The molecule has 2 bridgehead atoms. The third kappa shape index (κ3) is 7.55. The standard InChI is InChI=1S/C38H66N2O12/c1-14-26-37(10,44)30(42)23(6)39-32-19(2)16-35(8,52-32)31(51-34-28(41)25(40(11)12)15-20(3)47-34)21(4)29(22(5)33(43)49-26)50-27-17-36(9,45-13)38(18-46-38)24(7)48-27/h19-31,34,41-42,44H,14-18H2,1-13H3/t19-,20+,21-,22+,23+,24+,25-,26+,27-,28+,29-,30+,31+,34-,35+,36+,37+,38-/m0/s1. The molecule has 0 amide bonds. The molecule has 0 saturated carbocycles. The van der Waals surface area contributed by atoms with Gasteiger partial charge in [-0.15, -0.1) is 0 Å². The molecular weight excluding hydrogens is 676 g/mol. The summed E-state index contributed by atoms with van der Waals surface area (Å²) in [7, 11) is 5.49. The van der Waals surface area contributed by atoms with Crippen molar-refractivity contribution in [3.63, 3.8) is 0 Å². The maximum atomic E-state index is 14.2. The number of hydrogen-bond donors (Lipinski definition) is 3. The van der Waals surface area contributed by atoms with Gasteiger partial charge in [-0.05, 0) is 75.4 Å². The molecule has 3 N–H and O–H groups in total. The Labute approximate surface area is 309 Å². The van der Waals surface area contributed by atoms with Crippen LogP contribution in [0.25, 0.3) is 0 Å². The van der Waals surface area contributed by atoms with Gasteiger partial charge >= 0.3 is 5.97 Å². The van der Waals surface area contributed by atoms with Gasteiger partial charge in [0.15, 0.2) is 18.5 Å². The van der Waals surface area contributed by atoms with Crippen molar-refractivity contribution in [1.82, 2.24) is 4.90 Å². The summed E-state index contributed by atoms with van der Waals surface area (Å²) in [5.41, 5.74) is -4.20. The van der Waals surface area contributed by atoms with Crippen LogP contribution in [-0.2, 0) is 42.7 Å². The molecule has 4 fully saturated rings. The Bertz CT molecular complexity index is 1290. The van der Waals surface area contributed by atoms with Gasteiger partial charge in [-0.3, -0.25) is 4.79 Å². The molecule has 18 atom stereocenters. The lowest BCUT2D eigenvalue weighted by Crippen LogP contribution is -2.61. The average molecular weight is 743 g/mol. The molecule has 0 aromatic rings. The topological polar surface area (TPSA) is 170 Å². The molecule has 5 aliphatic rings. The molecule has 14 heteroatoms. The van der Waals surface area contributed by atoms with Gasteiger partial charge in [0.25, 0.3) is 0 Å². The number of carbonyl (C=O) groups excluding carboxylic acids is 1. The molecule has 52 heavy (non-hydrogen) atoms. The fraction of sp³-hybridized carbons (Fsp3) is 0.947. The predicted molar refractivity (Wildman–Crippen MR) is 191 cm³/mol. The Morgan fingerprint density at radius 1 is 1.00 bits per heavy atom. The van der Waals surface area contributed by atoms with Crippen molar-refractivity contribution in [1.29, 1.82) is 0 Å². The number of ether oxygens (including phenoxy) is 8. The van der Waals surface area contributed by atoms with Crippen LogP contribution in [0.5, 0.6) is 0 Å². The number of likely N-dealkylation sites (N-methyl/N-ethyl adjacent to an activating group) is 1. The third-order valence-electron chi connectivity index (χ3n) is 12.8. The van der Waals surface area contributed by atoms with E-state index in [0.29, 0.717) is 31.8 Å². The van der Waals surface area contributed by atoms with Gasteiger partial charge in [-0.25, -0.2) is 4.99 Å². The first kappa shape index (κ1) is 41.7. The molecule has 300 valence electrons. The Balaban J connectivity index is 1.60. The van der Waals surface area contributed by atoms with Crippen LogP contribution in [0.15, 0.2) is 4.99 Å². The molecule has 0 aromatic heterocycles. The van der Waals surface area contributed by atoms with E-state index in [2.05, 4.69) is 0 Å². The fourth-order valence-electron chi connectivity index (χ4n) is 9.28. The molecular formula is C38H66N2O12. The van der Waals surface area contributed by atoms with E-state index in [1.165, 1.54) is 6.92 Å². The summed E-state index contributed by atoms with van der Waals surface area (Å²) >= 11 is 0. The first-order chi connectivity index (χ1) is 24.1. The maximum Gasteiger partial charge on any atom is 0.311 e. The second kappa shape index (κ2) is 15.2. The molecule has 0 unspecified atom stereocenters. The van der Waals surface area contributed by atoms with Gasteiger partial charge in [0.1, 0.15) is 46.8 Å². The largest absolute Gasteiger partial charge is 0.472 e. The smallest absolute Gasteiger partial charge is 0.311 e. The summed E-state index contributed by atoms with van der Waals surface area (Å²) in [6.45, 7) is 18.9. The van der Waals surface area contributed by atoms with Crippen LogP contribution in [0.1, 0.15) is 94.9 Å². The molecule has 0 radical (unpaired) electrons. The molecule has 0 aromatic carbocycles. The number of aliphatic hydroxyl groups excluding tert-OH is 2. The Kier molecular flexibility index (Phi) is 12.2. The molecule has 1 spiro atoms. The minimum Gasteiger partial charge on any atom is -0.472 e. The number of nitrogens with zero attached hydrogens (tertiary/aromatic N) is 2. The summed E-state index contributed by atoms with van der Waals surface area (Å²) in [4.78, 5) is 21.0. The van der Waals surface area contributed by atoms with E-state index in [9.17, 15) is 20.1 Å². The average Bonchev–Trinajstić information content (AvgIpc) is 3.84. The van der Waals surface area contributed by atoms with Gasteiger partial charge in [0.2, 0.25) is 0 Å². The number of fused-ring (bicyclic) bond motifs is 2. The van der Waals surface area contributed by atoms with E-state index in [1.54, 1.807) is 27.9 Å². The van der Waals surface area contributed by atoms with Crippen molar-refractivity contribution < 1.29 is 58.0 Å². The zero-order valence-electron chi connectivity index (χ0n) is 33.5. The van der Waals surface area contributed by atoms with Crippen LogP contribution >= 0.6 is 0 Å². The first-order valence-electron chi connectivity index (χ1n) is 19.2. The van der Waals surface area contributed by atoms with Gasteiger partial charge in [0, 0.05) is 37.8 Å². The van der Waals surface area contributed by atoms with E-state index in [0.717, 1.165) is 0 Å². The molecule has 0 aliphatic carbocycles. The summed E-state index contributed by atoms with van der Waals surface area (Å²) in [5, 5.41) is 34.7. The zero-order chi connectivity index (χ0) is 38.7. The monoisotopic (exact) mass is 742 g/mol. The minimum atomic E-state index is -1.83. The first-order valence-corrected chi connectivity index (χ1v) is 19.2. The van der Waals surface area contributed by atoms with E-state index in [4.69, 9.17) is 42.9 Å². The lowest BCUT2D eigenvalue weighted by molar-refractivity contribution is -0.312. The van der Waals surface area contributed by atoms with E-state index < -0.39 is 89.4 Å². The Morgan fingerprint density at radius 2 is 1.65 bits per heavy atom. The number of rotatable bonds is 7. The maximum absolute atomic E-state index is 14.2. The van der Waals surface area contributed by atoms with Crippen molar-refractivity contribution in [3.8, 4) is 0 Å². The number of hydrogen-bond acceptors (Lipinski definition) is 14. The summed E-state index contributed by atoms with van der Waals surface area (Å²) in [6, 6.07) is -1.01. The minimum absolute atomic E-state index is 0.185.